The Morgan fingerprint density at radius 1 is 1.23 bits per heavy atom. The molecule has 1 aromatic carbocycles. The van der Waals surface area contributed by atoms with E-state index in [1.165, 1.54) is 0 Å². The normalized spacial score (nSPS) is 16.2. The molecule has 6 nitrogen and oxygen atoms in total. The number of carbonyl (C=O) groups excluding carboxylic acids is 1. The third kappa shape index (κ3) is 3.82. The summed E-state index contributed by atoms with van der Waals surface area (Å²) in [4.78, 5) is 16.5. The van der Waals surface area contributed by atoms with Gasteiger partial charge in [0.25, 0.3) is 0 Å². The van der Waals surface area contributed by atoms with E-state index in [-0.39, 0.29) is 12.1 Å². The van der Waals surface area contributed by atoms with E-state index in [0.717, 1.165) is 25.9 Å². The molecule has 1 saturated heterocycles. The second-order valence-corrected chi connectivity index (χ2v) is 5.65. The molecule has 1 N–H and O–H groups in total. The van der Waals surface area contributed by atoms with Crippen LogP contribution in [0.5, 0.6) is 11.5 Å². The fourth-order valence-electron chi connectivity index (χ4n) is 2.67. The van der Waals surface area contributed by atoms with Crippen molar-refractivity contribution in [2.75, 3.05) is 46.7 Å². The van der Waals surface area contributed by atoms with Gasteiger partial charge in [-0.3, -0.25) is 0 Å². The molecule has 1 aromatic rings. The third-order valence-electron chi connectivity index (χ3n) is 4.19. The number of piperidine rings is 1. The molecule has 1 heterocycles. The molecule has 1 aliphatic heterocycles. The summed E-state index contributed by atoms with van der Waals surface area (Å²) in [7, 11) is 7.13. The summed E-state index contributed by atoms with van der Waals surface area (Å²) in [5.41, 5.74) is 0.697. The van der Waals surface area contributed by atoms with Gasteiger partial charge in [-0.15, -0.1) is 0 Å². The molecule has 0 spiro atoms. The average Bonchev–Trinajstić information content (AvgIpc) is 2.54. The second kappa shape index (κ2) is 7.35. The summed E-state index contributed by atoms with van der Waals surface area (Å²) in [6, 6.07) is 5.54. The number of benzene rings is 1. The van der Waals surface area contributed by atoms with E-state index in [0.29, 0.717) is 17.2 Å². The highest BCUT2D eigenvalue weighted by Crippen LogP contribution is 2.30. The molecule has 1 fully saturated rings. The van der Waals surface area contributed by atoms with E-state index in [2.05, 4.69) is 17.3 Å². The van der Waals surface area contributed by atoms with Crippen LogP contribution in [-0.4, -0.2) is 63.3 Å². The van der Waals surface area contributed by atoms with Gasteiger partial charge in [0.05, 0.1) is 14.2 Å². The zero-order valence-corrected chi connectivity index (χ0v) is 13.8. The van der Waals surface area contributed by atoms with Gasteiger partial charge >= 0.3 is 6.03 Å². The van der Waals surface area contributed by atoms with Gasteiger partial charge in [0.15, 0.2) is 11.5 Å². The molecule has 0 atom stereocenters. The van der Waals surface area contributed by atoms with Crippen molar-refractivity contribution in [3.8, 4) is 11.5 Å². The van der Waals surface area contributed by atoms with Crippen LogP contribution in [0.15, 0.2) is 18.2 Å². The Balaban J connectivity index is 1.99. The monoisotopic (exact) mass is 307 g/mol. The zero-order chi connectivity index (χ0) is 16.1. The molecular weight excluding hydrogens is 282 g/mol. The minimum atomic E-state index is -0.0956. The maximum atomic E-state index is 12.4. The van der Waals surface area contributed by atoms with Crippen molar-refractivity contribution in [3.05, 3.63) is 18.2 Å². The quantitative estimate of drug-likeness (QED) is 0.927. The molecule has 0 aliphatic carbocycles. The van der Waals surface area contributed by atoms with Crippen molar-refractivity contribution in [1.82, 2.24) is 9.80 Å². The number of rotatable bonds is 4. The molecular formula is C16H25N3O3. The summed E-state index contributed by atoms with van der Waals surface area (Å²) in [5, 5.41) is 2.91. The molecule has 0 unspecified atom stereocenters. The molecule has 2 amide bonds. The predicted molar refractivity (Wildman–Crippen MR) is 86.8 cm³/mol. The fraction of sp³-hybridized carbons (Fsp3) is 0.562. The molecule has 122 valence electrons. The number of ether oxygens (including phenoxy) is 2. The van der Waals surface area contributed by atoms with Crippen LogP contribution in [0, 0.1) is 0 Å². The van der Waals surface area contributed by atoms with Gasteiger partial charge in [0.1, 0.15) is 0 Å². The standard InChI is InChI=1S/C16H25N3O3/c1-18-9-7-13(8-10-18)19(2)16(20)17-12-5-6-14(21-3)15(11-12)22-4/h5-6,11,13H,7-10H2,1-4H3,(H,17,20). The number of likely N-dealkylation sites (tertiary alicyclic amines) is 1. The Morgan fingerprint density at radius 3 is 2.45 bits per heavy atom. The molecule has 1 aliphatic rings. The molecule has 6 heteroatoms. The van der Waals surface area contributed by atoms with Gasteiger partial charge in [0, 0.05) is 24.8 Å². The number of anilines is 1. The van der Waals surface area contributed by atoms with E-state index < -0.39 is 0 Å². The first kappa shape index (κ1) is 16.4. The largest absolute Gasteiger partial charge is 0.493 e. The maximum Gasteiger partial charge on any atom is 0.321 e. The summed E-state index contributed by atoms with van der Waals surface area (Å²) in [5.74, 6) is 1.24. The Kier molecular flexibility index (Phi) is 5.49. The Labute approximate surface area is 132 Å². The summed E-state index contributed by atoms with van der Waals surface area (Å²) >= 11 is 0. The van der Waals surface area contributed by atoms with Crippen LogP contribution in [0.4, 0.5) is 10.5 Å². The number of methoxy groups -OCH3 is 2. The Morgan fingerprint density at radius 2 is 1.86 bits per heavy atom. The van der Waals surface area contributed by atoms with Crippen LogP contribution in [0.25, 0.3) is 0 Å². The number of hydrogen-bond acceptors (Lipinski definition) is 4. The van der Waals surface area contributed by atoms with Gasteiger partial charge < -0.3 is 24.6 Å². The maximum absolute atomic E-state index is 12.4. The van der Waals surface area contributed by atoms with Crippen LogP contribution in [0.3, 0.4) is 0 Å². The zero-order valence-electron chi connectivity index (χ0n) is 13.8. The van der Waals surface area contributed by atoms with Gasteiger partial charge in [-0.25, -0.2) is 4.79 Å². The number of hydrogen-bond donors (Lipinski definition) is 1. The first-order chi connectivity index (χ1) is 10.5. The highest BCUT2D eigenvalue weighted by atomic mass is 16.5. The van der Waals surface area contributed by atoms with Crippen LogP contribution < -0.4 is 14.8 Å². The minimum absolute atomic E-state index is 0.0956. The van der Waals surface area contributed by atoms with Crippen LogP contribution >= 0.6 is 0 Å². The molecule has 0 saturated carbocycles. The number of carbonyl (C=O) groups is 1. The Bertz CT molecular complexity index is 513. The fourth-order valence-corrected chi connectivity index (χ4v) is 2.67. The van der Waals surface area contributed by atoms with Crippen molar-refractivity contribution < 1.29 is 14.3 Å². The van der Waals surface area contributed by atoms with Gasteiger partial charge in [0.2, 0.25) is 0 Å². The predicted octanol–water partition coefficient (Wildman–Crippen LogP) is 2.26. The highest BCUT2D eigenvalue weighted by Gasteiger charge is 2.24. The van der Waals surface area contributed by atoms with E-state index >= 15 is 0 Å². The lowest BCUT2D eigenvalue weighted by Crippen LogP contribution is -2.46. The molecule has 2 rings (SSSR count). The first-order valence-electron chi connectivity index (χ1n) is 7.49. The van der Waals surface area contributed by atoms with Gasteiger partial charge in [-0.1, -0.05) is 0 Å². The highest BCUT2D eigenvalue weighted by molar-refractivity contribution is 5.89. The summed E-state index contributed by atoms with van der Waals surface area (Å²) in [6.45, 7) is 2.05. The minimum Gasteiger partial charge on any atom is -0.493 e. The Hall–Kier alpha value is -1.95. The second-order valence-electron chi connectivity index (χ2n) is 5.65. The average molecular weight is 307 g/mol. The van der Waals surface area contributed by atoms with Crippen molar-refractivity contribution in [2.45, 2.75) is 18.9 Å². The third-order valence-corrected chi connectivity index (χ3v) is 4.19. The lowest BCUT2D eigenvalue weighted by atomic mass is 10.0. The van der Waals surface area contributed by atoms with E-state index in [4.69, 9.17) is 9.47 Å². The molecule has 0 aromatic heterocycles. The molecule has 22 heavy (non-hydrogen) atoms. The smallest absolute Gasteiger partial charge is 0.321 e. The number of urea groups is 1. The van der Waals surface area contributed by atoms with Crippen LogP contribution in [0.2, 0.25) is 0 Å². The summed E-state index contributed by atoms with van der Waals surface area (Å²) in [6.07, 6.45) is 2.01. The van der Waals surface area contributed by atoms with Crippen molar-refractivity contribution in [3.63, 3.8) is 0 Å². The van der Waals surface area contributed by atoms with E-state index in [1.54, 1.807) is 31.3 Å². The number of nitrogens with zero attached hydrogens (tertiary/aromatic N) is 2. The molecule has 0 radical (unpaired) electrons. The number of amides is 2. The van der Waals surface area contributed by atoms with Gasteiger partial charge in [-0.2, -0.15) is 0 Å². The van der Waals surface area contributed by atoms with Crippen molar-refractivity contribution in [1.29, 1.82) is 0 Å². The SMILES string of the molecule is COc1ccc(NC(=O)N(C)C2CCN(C)CC2)cc1OC. The van der Waals surface area contributed by atoms with Crippen molar-refractivity contribution in [2.24, 2.45) is 0 Å². The summed E-state index contributed by atoms with van der Waals surface area (Å²) < 4.78 is 10.4. The van der Waals surface area contributed by atoms with Gasteiger partial charge in [-0.05, 0) is 45.1 Å². The van der Waals surface area contributed by atoms with Crippen molar-refractivity contribution >= 4 is 11.7 Å². The van der Waals surface area contributed by atoms with Crippen LogP contribution in [-0.2, 0) is 0 Å². The lowest BCUT2D eigenvalue weighted by Gasteiger charge is -2.35. The first-order valence-corrected chi connectivity index (χ1v) is 7.49. The molecule has 0 bridgehead atoms. The lowest BCUT2D eigenvalue weighted by molar-refractivity contribution is 0.156. The number of nitrogens with one attached hydrogen (secondary N) is 1. The van der Waals surface area contributed by atoms with E-state index in [9.17, 15) is 4.79 Å². The topological polar surface area (TPSA) is 54.0 Å². The van der Waals surface area contributed by atoms with E-state index in [1.807, 2.05) is 13.1 Å². The van der Waals surface area contributed by atoms with Crippen LogP contribution in [0.1, 0.15) is 12.8 Å².